The summed E-state index contributed by atoms with van der Waals surface area (Å²) < 4.78 is 0. The second kappa shape index (κ2) is 7.14. The summed E-state index contributed by atoms with van der Waals surface area (Å²) in [6.45, 7) is 1.02. The molecule has 4 nitrogen and oxygen atoms in total. The molecule has 0 aliphatic carbocycles. The van der Waals surface area contributed by atoms with Gasteiger partial charge in [0, 0.05) is 0 Å². The van der Waals surface area contributed by atoms with Crippen molar-refractivity contribution in [1.29, 1.82) is 0 Å². The lowest BCUT2D eigenvalue weighted by molar-refractivity contribution is -0.126. The van der Waals surface area contributed by atoms with Crippen LogP contribution in [0, 0.1) is 0 Å². The standard InChI is InChI=1S/C11H22N2O2S/c1-13-6-3-4-10(13)11(15)12-9(8-14)5-7-16-2/h9-10,14H,3-8H2,1-2H3,(H,12,15)/t9-,10-/m0/s1. The van der Waals surface area contributed by atoms with Crippen molar-refractivity contribution in [2.24, 2.45) is 0 Å². The number of amides is 1. The van der Waals surface area contributed by atoms with Crippen LogP contribution in [0.4, 0.5) is 0 Å². The van der Waals surface area contributed by atoms with Crippen LogP contribution in [0.2, 0.25) is 0 Å². The van der Waals surface area contributed by atoms with Gasteiger partial charge in [-0.2, -0.15) is 11.8 Å². The predicted octanol–water partition coefficient (Wildman–Crippen LogP) is 0.311. The maximum Gasteiger partial charge on any atom is 0.237 e. The number of aliphatic hydroxyl groups is 1. The van der Waals surface area contributed by atoms with Gasteiger partial charge in [0.2, 0.25) is 5.91 Å². The third kappa shape index (κ3) is 3.96. The van der Waals surface area contributed by atoms with Crippen LogP contribution in [0.5, 0.6) is 0 Å². The van der Waals surface area contributed by atoms with Crippen molar-refractivity contribution in [2.45, 2.75) is 31.3 Å². The summed E-state index contributed by atoms with van der Waals surface area (Å²) in [5, 5.41) is 12.1. The normalized spacial score (nSPS) is 23.3. The predicted molar refractivity (Wildman–Crippen MR) is 67.7 cm³/mol. The number of carbonyl (C=O) groups excluding carboxylic acids is 1. The molecule has 1 heterocycles. The molecule has 0 saturated carbocycles. The minimum absolute atomic E-state index is 0.00308. The molecule has 1 saturated heterocycles. The zero-order valence-electron chi connectivity index (χ0n) is 10.1. The van der Waals surface area contributed by atoms with Crippen LogP contribution in [0.3, 0.4) is 0 Å². The Bertz CT molecular complexity index is 226. The minimum atomic E-state index is -0.0889. The molecule has 1 aliphatic heterocycles. The molecule has 1 amide bonds. The van der Waals surface area contributed by atoms with Crippen LogP contribution in [0.25, 0.3) is 0 Å². The second-order valence-electron chi connectivity index (χ2n) is 4.31. The van der Waals surface area contributed by atoms with Crippen molar-refractivity contribution < 1.29 is 9.90 Å². The summed E-state index contributed by atoms with van der Waals surface area (Å²) in [7, 11) is 1.98. The lowest BCUT2D eigenvalue weighted by Gasteiger charge is -2.22. The summed E-state index contributed by atoms with van der Waals surface area (Å²) in [5.41, 5.74) is 0. The molecule has 0 aromatic carbocycles. The van der Waals surface area contributed by atoms with E-state index in [4.69, 9.17) is 0 Å². The summed E-state index contributed by atoms with van der Waals surface area (Å²) >= 11 is 1.73. The van der Waals surface area contributed by atoms with Crippen molar-refractivity contribution in [1.82, 2.24) is 10.2 Å². The van der Waals surface area contributed by atoms with Crippen LogP contribution in [-0.2, 0) is 4.79 Å². The Morgan fingerprint density at radius 1 is 1.69 bits per heavy atom. The number of nitrogens with one attached hydrogen (secondary N) is 1. The number of rotatable bonds is 6. The highest BCUT2D eigenvalue weighted by Gasteiger charge is 2.28. The zero-order chi connectivity index (χ0) is 12.0. The molecule has 2 atom stereocenters. The van der Waals surface area contributed by atoms with Gasteiger partial charge < -0.3 is 10.4 Å². The molecule has 1 rings (SSSR count). The van der Waals surface area contributed by atoms with E-state index in [2.05, 4.69) is 10.2 Å². The van der Waals surface area contributed by atoms with Gasteiger partial charge in [0.05, 0.1) is 18.7 Å². The average Bonchev–Trinajstić information content (AvgIpc) is 2.70. The smallest absolute Gasteiger partial charge is 0.237 e. The van der Waals surface area contributed by atoms with Gasteiger partial charge in [-0.25, -0.2) is 0 Å². The van der Waals surface area contributed by atoms with Crippen molar-refractivity contribution in [3.05, 3.63) is 0 Å². The van der Waals surface area contributed by atoms with E-state index in [9.17, 15) is 9.90 Å². The lowest BCUT2D eigenvalue weighted by Crippen LogP contribution is -2.47. The molecular weight excluding hydrogens is 224 g/mol. The highest BCUT2D eigenvalue weighted by Crippen LogP contribution is 2.15. The van der Waals surface area contributed by atoms with Gasteiger partial charge in [-0.15, -0.1) is 0 Å². The van der Waals surface area contributed by atoms with Crippen LogP contribution in [0.1, 0.15) is 19.3 Å². The van der Waals surface area contributed by atoms with Crippen molar-refractivity contribution in [2.75, 3.05) is 32.2 Å². The molecule has 0 spiro atoms. The zero-order valence-corrected chi connectivity index (χ0v) is 10.9. The molecule has 0 unspecified atom stereocenters. The highest BCUT2D eigenvalue weighted by atomic mass is 32.2. The summed E-state index contributed by atoms with van der Waals surface area (Å²) in [6.07, 6.45) is 4.88. The number of likely N-dealkylation sites (N-methyl/N-ethyl adjacent to an activating group) is 1. The van der Waals surface area contributed by atoms with Gasteiger partial charge in [-0.1, -0.05) is 0 Å². The van der Waals surface area contributed by atoms with Crippen LogP contribution < -0.4 is 5.32 Å². The first kappa shape index (κ1) is 13.8. The fourth-order valence-corrected chi connectivity index (χ4v) is 2.53. The Balaban J connectivity index is 2.35. The number of carbonyl (C=O) groups is 1. The van der Waals surface area contributed by atoms with Crippen LogP contribution in [-0.4, -0.2) is 60.2 Å². The first-order valence-corrected chi connectivity index (χ1v) is 7.18. The fraction of sp³-hybridized carbons (Fsp3) is 0.909. The topological polar surface area (TPSA) is 52.6 Å². The van der Waals surface area contributed by atoms with Crippen molar-refractivity contribution in [3.8, 4) is 0 Å². The van der Waals surface area contributed by atoms with Crippen molar-refractivity contribution >= 4 is 17.7 Å². The molecule has 16 heavy (non-hydrogen) atoms. The Morgan fingerprint density at radius 3 is 2.94 bits per heavy atom. The van der Waals surface area contributed by atoms with Gasteiger partial charge in [0.15, 0.2) is 0 Å². The third-order valence-corrected chi connectivity index (χ3v) is 3.70. The number of nitrogens with zero attached hydrogens (tertiary/aromatic N) is 1. The van der Waals surface area contributed by atoms with E-state index in [0.29, 0.717) is 0 Å². The molecule has 0 radical (unpaired) electrons. The number of hydrogen-bond acceptors (Lipinski definition) is 4. The maximum atomic E-state index is 11.9. The quantitative estimate of drug-likeness (QED) is 0.708. The van der Waals surface area contributed by atoms with E-state index in [0.717, 1.165) is 31.6 Å². The van der Waals surface area contributed by atoms with E-state index in [1.807, 2.05) is 13.3 Å². The fourth-order valence-electron chi connectivity index (χ4n) is 2.01. The molecule has 5 heteroatoms. The molecule has 0 aromatic heterocycles. The third-order valence-electron chi connectivity index (χ3n) is 3.06. The second-order valence-corrected chi connectivity index (χ2v) is 5.29. The molecule has 0 aromatic rings. The Morgan fingerprint density at radius 2 is 2.44 bits per heavy atom. The summed E-state index contributed by atoms with van der Waals surface area (Å²) in [5.74, 6) is 1.03. The first-order chi connectivity index (χ1) is 7.69. The van der Waals surface area contributed by atoms with Crippen molar-refractivity contribution in [3.63, 3.8) is 0 Å². The Hall–Kier alpha value is -0.260. The Kier molecular flexibility index (Phi) is 6.16. The molecule has 2 N–H and O–H groups in total. The summed E-state index contributed by atoms with van der Waals surface area (Å²) in [4.78, 5) is 14.0. The summed E-state index contributed by atoms with van der Waals surface area (Å²) in [6, 6.07) is -0.0859. The number of thioether (sulfide) groups is 1. The average molecular weight is 246 g/mol. The number of hydrogen-bond donors (Lipinski definition) is 2. The van der Waals surface area contributed by atoms with Crippen LogP contribution >= 0.6 is 11.8 Å². The molecule has 0 bridgehead atoms. The molecule has 1 fully saturated rings. The maximum absolute atomic E-state index is 11.9. The monoisotopic (exact) mass is 246 g/mol. The minimum Gasteiger partial charge on any atom is -0.394 e. The van der Waals surface area contributed by atoms with Gasteiger partial charge in [-0.3, -0.25) is 9.69 Å². The highest BCUT2D eigenvalue weighted by molar-refractivity contribution is 7.98. The molecule has 1 aliphatic rings. The van der Waals surface area contributed by atoms with E-state index in [1.165, 1.54) is 0 Å². The largest absolute Gasteiger partial charge is 0.394 e. The van der Waals surface area contributed by atoms with E-state index in [1.54, 1.807) is 11.8 Å². The molecular formula is C11H22N2O2S. The van der Waals surface area contributed by atoms with Gasteiger partial charge in [-0.05, 0) is 44.9 Å². The van der Waals surface area contributed by atoms with Gasteiger partial charge in [0.1, 0.15) is 0 Å². The first-order valence-electron chi connectivity index (χ1n) is 5.79. The number of likely N-dealkylation sites (tertiary alicyclic amines) is 1. The van der Waals surface area contributed by atoms with E-state index >= 15 is 0 Å². The number of aliphatic hydroxyl groups excluding tert-OH is 1. The lowest BCUT2D eigenvalue weighted by atomic mass is 10.1. The SMILES string of the molecule is CSCC[C@@H](CO)NC(=O)[C@@H]1CCCN1C. The molecule has 94 valence electrons. The van der Waals surface area contributed by atoms with Gasteiger partial charge in [0.25, 0.3) is 0 Å². The van der Waals surface area contributed by atoms with Gasteiger partial charge >= 0.3 is 0 Å². The van der Waals surface area contributed by atoms with Crippen LogP contribution in [0.15, 0.2) is 0 Å². The van der Waals surface area contributed by atoms with E-state index < -0.39 is 0 Å². The Labute approximate surface area is 102 Å². The van der Waals surface area contributed by atoms with E-state index in [-0.39, 0.29) is 24.6 Å².